The van der Waals surface area contributed by atoms with Crippen LogP contribution in [0.1, 0.15) is 20.3 Å². The van der Waals surface area contributed by atoms with Gasteiger partial charge in [-0.2, -0.15) is 0 Å². The maximum Gasteiger partial charge on any atom is 0.133 e. The molecule has 0 aromatic heterocycles. The molecule has 1 aliphatic rings. The molecule has 1 atom stereocenters. The van der Waals surface area contributed by atoms with Gasteiger partial charge in [-0.05, 0) is 13.8 Å². The topological polar surface area (TPSA) is 23.1 Å². The van der Waals surface area contributed by atoms with E-state index in [1.807, 2.05) is 0 Å². The second kappa shape index (κ2) is 2.12. The zero-order valence-corrected chi connectivity index (χ0v) is 6.77. The summed E-state index contributed by atoms with van der Waals surface area (Å²) in [5, 5.41) is 0. The largest absolute Gasteiger partial charge is 0.605 e. The van der Waals surface area contributed by atoms with Crippen molar-refractivity contribution in [3.05, 3.63) is 0 Å². The summed E-state index contributed by atoms with van der Waals surface area (Å²) in [6.07, 6.45) is 1.10. The Morgan fingerprint density at radius 3 is 2.38 bits per heavy atom. The highest BCUT2D eigenvalue weighted by molar-refractivity contribution is 8.72. The fourth-order valence-corrected chi connectivity index (χ4v) is 3.98. The second-order valence-corrected chi connectivity index (χ2v) is 6.40. The molecule has 1 nitrogen and oxygen atoms in total. The Labute approximate surface area is 56.8 Å². The van der Waals surface area contributed by atoms with Crippen LogP contribution in [0.15, 0.2) is 0 Å². The van der Waals surface area contributed by atoms with E-state index in [-0.39, 0.29) is 4.75 Å². The van der Waals surface area contributed by atoms with Crippen molar-refractivity contribution in [3.63, 3.8) is 0 Å². The Morgan fingerprint density at radius 2 is 2.25 bits per heavy atom. The molecule has 0 N–H and O–H groups in total. The van der Waals surface area contributed by atoms with Gasteiger partial charge in [0.1, 0.15) is 4.75 Å². The highest BCUT2D eigenvalue weighted by Gasteiger charge is 2.38. The molecule has 8 heavy (non-hydrogen) atoms. The lowest BCUT2D eigenvalue weighted by atomic mass is 10.1. The minimum Gasteiger partial charge on any atom is -0.605 e. The van der Waals surface area contributed by atoms with Gasteiger partial charge in [0, 0.05) is 22.4 Å². The first-order valence-electron chi connectivity index (χ1n) is 2.68. The van der Waals surface area contributed by atoms with Gasteiger partial charge in [0.05, 0.1) is 10.8 Å². The minimum atomic E-state index is -0.617. The van der Waals surface area contributed by atoms with Gasteiger partial charge in [-0.15, -0.1) is 0 Å². The van der Waals surface area contributed by atoms with E-state index in [1.165, 1.54) is 0 Å². The monoisotopic (exact) mass is 150 g/mol. The molecule has 0 saturated carbocycles. The van der Waals surface area contributed by atoms with E-state index in [0.29, 0.717) is 0 Å². The molecule has 1 unspecified atom stereocenters. The van der Waals surface area contributed by atoms with Crippen LogP contribution in [0.25, 0.3) is 0 Å². The fourth-order valence-electron chi connectivity index (χ4n) is 0.606. The van der Waals surface area contributed by atoms with Crippen molar-refractivity contribution in [3.8, 4) is 0 Å². The van der Waals surface area contributed by atoms with Crippen molar-refractivity contribution in [1.29, 1.82) is 0 Å². The number of rotatable bonds is 0. The maximum atomic E-state index is 11.0. The summed E-state index contributed by atoms with van der Waals surface area (Å²) in [7, 11) is 0.960. The zero-order valence-electron chi connectivity index (χ0n) is 5.14. The normalized spacial score (nSPS) is 35.6. The van der Waals surface area contributed by atoms with Gasteiger partial charge in [-0.3, -0.25) is 0 Å². The van der Waals surface area contributed by atoms with Crippen molar-refractivity contribution < 1.29 is 4.55 Å². The highest BCUT2D eigenvalue weighted by Crippen LogP contribution is 2.38. The van der Waals surface area contributed by atoms with Crippen LogP contribution < -0.4 is 0 Å². The predicted molar refractivity (Wildman–Crippen MR) is 39.3 cm³/mol. The van der Waals surface area contributed by atoms with Gasteiger partial charge in [0.15, 0.2) is 0 Å². The quantitative estimate of drug-likeness (QED) is 0.386. The third kappa shape index (κ3) is 1.14. The molecular weight excluding hydrogens is 140 g/mol. The molecule has 3 heteroatoms. The molecule has 0 radical (unpaired) electrons. The lowest BCUT2D eigenvalue weighted by Crippen LogP contribution is -2.23. The SMILES string of the molecule is CC1(C)CCS[S+]1[O-]. The molecule has 1 fully saturated rings. The van der Waals surface area contributed by atoms with Gasteiger partial charge in [-0.1, -0.05) is 0 Å². The Hall–Kier alpha value is 0.660. The summed E-state index contributed by atoms with van der Waals surface area (Å²) in [6, 6.07) is 0. The van der Waals surface area contributed by atoms with Crippen LogP contribution in [0.4, 0.5) is 0 Å². The fraction of sp³-hybridized carbons (Fsp3) is 1.00. The number of hydrogen-bond donors (Lipinski definition) is 0. The van der Waals surface area contributed by atoms with Gasteiger partial charge < -0.3 is 4.55 Å². The summed E-state index contributed by atoms with van der Waals surface area (Å²) in [5.41, 5.74) is 0. The van der Waals surface area contributed by atoms with Crippen molar-refractivity contribution in [2.24, 2.45) is 0 Å². The van der Waals surface area contributed by atoms with E-state index >= 15 is 0 Å². The lowest BCUT2D eigenvalue weighted by molar-refractivity contribution is 0.562. The first-order valence-corrected chi connectivity index (χ1v) is 5.33. The molecule has 0 amide bonds. The molecule has 1 saturated heterocycles. The highest BCUT2D eigenvalue weighted by atomic mass is 33.1. The Bertz CT molecular complexity index is 92.4. The first-order chi connectivity index (χ1) is 3.63. The summed E-state index contributed by atoms with van der Waals surface area (Å²) < 4.78 is 11.1. The molecule has 0 aliphatic carbocycles. The smallest absolute Gasteiger partial charge is 0.133 e. The maximum absolute atomic E-state index is 11.0. The summed E-state index contributed by atoms with van der Waals surface area (Å²) in [4.78, 5) is 0. The molecule has 0 bridgehead atoms. The molecular formula is C5H10OS2. The van der Waals surface area contributed by atoms with E-state index < -0.39 is 10.2 Å². The Kier molecular flexibility index (Phi) is 1.80. The summed E-state index contributed by atoms with van der Waals surface area (Å²) in [6.45, 7) is 4.12. The van der Waals surface area contributed by atoms with Crippen LogP contribution in [0.3, 0.4) is 0 Å². The molecule has 1 rings (SSSR count). The molecule has 48 valence electrons. The van der Waals surface area contributed by atoms with Crippen LogP contribution in [-0.4, -0.2) is 15.1 Å². The van der Waals surface area contributed by atoms with Crippen molar-refractivity contribution in [2.45, 2.75) is 25.0 Å². The zero-order chi connectivity index (χ0) is 6.20. The minimum absolute atomic E-state index is 0.0880. The van der Waals surface area contributed by atoms with E-state index in [2.05, 4.69) is 13.8 Å². The molecule has 1 heterocycles. The van der Waals surface area contributed by atoms with Crippen LogP contribution >= 0.6 is 10.8 Å². The van der Waals surface area contributed by atoms with E-state index in [1.54, 1.807) is 10.8 Å². The van der Waals surface area contributed by atoms with Gasteiger partial charge in [0.25, 0.3) is 0 Å². The Morgan fingerprint density at radius 1 is 1.62 bits per heavy atom. The summed E-state index contributed by atoms with van der Waals surface area (Å²) >= 11 is 0. The first kappa shape index (κ1) is 6.78. The lowest BCUT2D eigenvalue weighted by Gasteiger charge is -2.16. The molecule has 0 aromatic carbocycles. The molecule has 0 spiro atoms. The third-order valence-corrected chi connectivity index (χ3v) is 5.53. The second-order valence-electron chi connectivity index (χ2n) is 2.57. The summed E-state index contributed by atoms with van der Waals surface area (Å²) in [5.74, 6) is 1.07. The number of hydrogen-bond acceptors (Lipinski definition) is 2. The van der Waals surface area contributed by atoms with E-state index in [4.69, 9.17) is 0 Å². The predicted octanol–water partition coefficient (Wildman–Crippen LogP) is 1.57. The van der Waals surface area contributed by atoms with E-state index in [0.717, 1.165) is 12.2 Å². The van der Waals surface area contributed by atoms with Crippen molar-refractivity contribution >= 4 is 21.0 Å². The Balaban J connectivity index is 2.54. The van der Waals surface area contributed by atoms with Gasteiger partial charge in [-0.25, -0.2) is 0 Å². The van der Waals surface area contributed by atoms with Crippen molar-refractivity contribution in [2.75, 3.05) is 5.75 Å². The van der Waals surface area contributed by atoms with Gasteiger partial charge >= 0.3 is 0 Å². The van der Waals surface area contributed by atoms with Crippen LogP contribution in [0.2, 0.25) is 0 Å². The van der Waals surface area contributed by atoms with Crippen LogP contribution in [-0.2, 0) is 10.2 Å². The van der Waals surface area contributed by atoms with Gasteiger partial charge in [0.2, 0.25) is 0 Å². The average Bonchev–Trinajstić information content (AvgIpc) is 1.86. The standard InChI is InChI=1S/C5H10OS2/c1-5(2)3-4-7-8(5)6/h3-4H2,1-2H3. The molecule has 0 aromatic rings. The van der Waals surface area contributed by atoms with Crippen LogP contribution in [0, 0.1) is 0 Å². The van der Waals surface area contributed by atoms with Crippen molar-refractivity contribution in [1.82, 2.24) is 0 Å². The van der Waals surface area contributed by atoms with E-state index in [9.17, 15) is 4.55 Å². The third-order valence-electron chi connectivity index (χ3n) is 1.35. The van der Waals surface area contributed by atoms with Crippen LogP contribution in [0.5, 0.6) is 0 Å². The molecule has 1 aliphatic heterocycles. The average molecular weight is 150 g/mol.